The highest BCUT2D eigenvalue weighted by Crippen LogP contribution is 2.39. The summed E-state index contributed by atoms with van der Waals surface area (Å²) >= 11 is 0. The molecule has 0 bridgehead atoms. The van der Waals surface area contributed by atoms with Crippen LogP contribution in [0.1, 0.15) is 12.8 Å². The molecule has 3 N–H and O–H groups in total. The number of barbiturate groups is 1. The van der Waals surface area contributed by atoms with Crippen LogP contribution in [0.4, 0.5) is 10.5 Å². The number of carbonyl (C=O) groups is 3. The highest BCUT2D eigenvalue weighted by molar-refractivity contribution is 6.24. The van der Waals surface area contributed by atoms with Gasteiger partial charge in [-0.1, -0.05) is 18.2 Å². The van der Waals surface area contributed by atoms with Crippen molar-refractivity contribution < 1.29 is 24.2 Å². The number of imide groups is 2. The number of benzene rings is 2. The van der Waals surface area contributed by atoms with Crippen molar-refractivity contribution in [2.75, 3.05) is 4.90 Å². The van der Waals surface area contributed by atoms with Gasteiger partial charge in [-0.15, -0.1) is 0 Å². The Morgan fingerprint density at radius 3 is 2.15 bits per heavy atom. The number of para-hydroxylation sites is 1. The maximum atomic E-state index is 12.5. The molecule has 4 amide bonds. The summed E-state index contributed by atoms with van der Waals surface area (Å²) in [6.45, 7) is 0. The molecular weight excluding hydrogens is 350 g/mol. The Morgan fingerprint density at radius 2 is 1.52 bits per heavy atom. The first-order valence-corrected chi connectivity index (χ1v) is 8.48. The van der Waals surface area contributed by atoms with Gasteiger partial charge in [-0.05, 0) is 49.2 Å². The van der Waals surface area contributed by atoms with Gasteiger partial charge in [0, 0.05) is 5.69 Å². The highest BCUT2D eigenvalue weighted by Gasteiger charge is 2.59. The molecule has 2 fully saturated rings. The second-order valence-corrected chi connectivity index (χ2v) is 6.40. The van der Waals surface area contributed by atoms with Crippen LogP contribution in [-0.2, 0) is 9.59 Å². The standard InChI is InChI=1S/C19H17N3O5/c23-15-10-11-19(16(24)20-18(26)21-17(19)25)22(15)12-6-8-14(9-7-12)27-13-4-2-1-3-5-13/h1-9,15,23H,10-11H2,(H2,20,21,24,25,26). The minimum atomic E-state index is -1.66. The van der Waals surface area contributed by atoms with Crippen molar-refractivity contribution in [2.45, 2.75) is 24.6 Å². The fourth-order valence-electron chi connectivity index (χ4n) is 3.53. The maximum Gasteiger partial charge on any atom is 0.328 e. The molecule has 0 saturated carbocycles. The number of anilines is 1. The zero-order valence-electron chi connectivity index (χ0n) is 14.2. The number of amides is 4. The Labute approximate surface area is 154 Å². The molecule has 2 aromatic carbocycles. The van der Waals surface area contributed by atoms with Crippen LogP contribution in [0.15, 0.2) is 54.6 Å². The molecular formula is C19H17N3O5. The van der Waals surface area contributed by atoms with Gasteiger partial charge in [0.05, 0.1) is 0 Å². The van der Waals surface area contributed by atoms with E-state index >= 15 is 0 Å². The second-order valence-electron chi connectivity index (χ2n) is 6.40. The normalized spacial score (nSPS) is 21.1. The van der Waals surface area contributed by atoms with Crippen molar-refractivity contribution in [3.05, 3.63) is 54.6 Å². The van der Waals surface area contributed by atoms with Crippen LogP contribution in [0, 0.1) is 0 Å². The Balaban J connectivity index is 1.64. The van der Waals surface area contributed by atoms with Gasteiger partial charge in [0.25, 0.3) is 11.8 Å². The third-order valence-electron chi connectivity index (χ3n) is 4.77. The van der Waals surface area contributed by atoms with Gasteiger partial charge in [-0.25, -0.2) is 4.79 Å². The molecule has 4 rings (SSSR count). The van der Waals surface area contributed by atoms with Crippen LogP contribution in [-0.4, -0.2) is 34.7 Å². The molecule has 2 aliphatic heterocycles. The molecule has 2 saturated heterocycles. The van der Waals surface area contributed by atoms with Crippen molar-refractivity contribution in [1.82, 2.24) is 10.6 Å². The van der Waals surface area contributed by atoms with Crippen LogP contribution < -0.4 is 20.3 Å². The SMILES string of the molecule is O=C1NC(=O)C2(CCC(O)N2c2ccc(Oc3ccccc3)cc2)C(=O)N1. The molecule has 2 heterocycles. The van der Waals surface area contributed by atoms with E-state index in [-0.39, 0.29) is 12.8 Å². The third kappa shape index (κ3) is 2.80. The largest absolute Gasteiger partial charge is 0.457 e. The predicted octanol–water partition coefficient (Wildman–Crippen LogP) is 1.50. The number of urea groups is 1. The topological polar surface area (TPSA) is 108 Å². The molecule has 1 unspecified atom stereocenters. The Hall–Kier alpha value is -3.39. The molecule has 2 aromatic rings. The van der Waals surface area contributed by atoms with Crippen molar-refractivity contribution >= 4 is 23.5 Å². The van der Waals surface area contributed by atoms with Gasteiger partial charge in [-0.2, -0.15) is 0 Å². The summed E-state index contributed by atoms with van der Waals surface area (Å²) in [5.41, 5.74) is -1.19. The summed E-state index contributed by atoms with van der Waals surface area (Å²) in [7, 11) is 0. The molecule has 0 aromatic heterocycles. The maximum absolute atomic E-state index is 12.5. The lowest BCUT2D eigenvalue weighted by atomic mass is 9.91. The van der Waals surface area contributed by atoms with E-state index in [4.69, 9.17) is 4.74 Å². The minimum Gasteiger partial charge on any atom is -0.457 e. The van der Waals surface area contributed by atoms with Crippen LogP contribution >= 0.6 is 0 Å². The number of rotatable bonds is 3. The lowest BCUT2D eigenvalue weighted by Crippen LogP contribution is -2.72. The first-order valence-electron chi connectivity index (χ1n) is 8.48. The van der Waals surface area contributed by atoms with Crippen molar-refractivity contribution in [3.63, 3.8) is 0 Å². The zero-order valence-corrected chi connectivity index (χ0v) is 14.2. The molecule has 8 nitrogen and oxygen atoms in total. The summed E-state index contributed by atoms with van der Waals surface area (Å²) in [5, 5.41) is 14.7. The number of carbonyl (C=O) groups excluding carboxylic acids is 3. The Kier molecular flexibility index (Phi) is 4.04. The molecule has 1 spiro atoms. The summed E-state index contributed by atoms with van der Waals surface area (Å²) in [4.78, 5) is 37.8. The highest BCUT2D eigenvalue weighted by atomic mass is 16.5. The van der Waals surface area contributed by atoms with Crippen molar-refractivity contribution in [3.8, 4) is 11.5 Å². The lowest BCUT2D eigenvalue weighted by Gasteiger charge is -2.40. The number of hydrogen-bond donors (Lipinski definition) is 3. The number of nitrogens with zero attached hydrogens (tertiary/aromatic N) is 1. The lowest BCUT2D eigenvalue weighted by molar-refractivity contribution is -0.137. The van der Waals surface area contributed by atoms with E-state index < -0.39 is 29.6 Å². The zero-order chi connectivity index (χ0) is 19.0. The van der Waals surface area contributed by atoms with Crippen LogP contribution in [0.2, 0.25) is 0 Å². The van der Waals surface area contributed by atoms with Gasteiger partial charge in [0.15, 0.2) is 0 Å². The van der Waals surface area contributed by atoms with E-state index in [9.17, 15) is 19.5 Å². The average molecular weight is 367 g/mol. The van der Waals surface area contributed by atoms with Crippen LogP contribution in [0.5, 0.6) is 11.5 Å². The minimum absolute atomic E-state index is 0.0986. The fraction of sp³-hybridized carbons (Fsp3) is 0.211. The number of aliphatic hydroxyl groups is 1. The molecule has 8 heteroatoms. The first kappa shape index (κ1) is 17.0. The molecule has 138 valence electrons. The Bertz CT molecular complexity index is 877. The van der Waals surface area contributed by atoms with Crippen molar-refractivity contribution in [2.24, 2.45) is 0 Å². The molecule has 1 atom stereocenters. The fourth-order valence-corrected chi connectivity index (χ4v) is 3.53. The third-order valence-corrected chi connectivity index (χ3v) is 4.77. The van der Waals surface area contributed by atoms with E-state index in [1.165, 1.54) is 4.90 Å². The molecule has 27 heavy (non-hydrogen) atoms. The smallest absolute Gasteiger partial charge is 0.328 e. The number of aliphatic hydroxyl groups excluding tert-OH is 1. The average Bonchev–Trinajstić information content (AvgIpc) is 3.00. The molecule has 0 aliphatic carbocycles. The number of hydrogen-bond acceptors (Lipinski definition) is 6. The van der Waals surface area contributed by atoms with E-state index in [0.29, 0.717) is 17.2 Å². The summed E-state index contributed by atoms with van der Waals surface area (Å²) in [5.74, 6) is -0.234. The van der Waals surface area contributed by atoms with E-state index in [0.717, 1.165) is 0 Å². The van der Waals surface area contributed by atoms with E-state index in [1.807, 2.05) is 30.3 Å². The van der Waals surface area contributed by atoms with Gasteiger partial charge >= 0.3 is 6.03 Å². The summed E-state index contributed by atoms with van der Waals surface area (Å²) < 4.78 is 5.73. The molecule has 2 aliphatic rings. The second kappa shape index (κ2) is 6.40. The van der Waals surface area contributed by atoms with Crippen molar-refractivity contribution in [1.29, 1.82) is 0 Å². The van der Waals surface area contributed by atoms with E-state index in [2.05, 4.69) is 10.6 Å². The molecule has 0 radical (unpaired) electrons. The summed E-state index contributed by atoms with van der Waals surface area (Å²) in [6, 6.07) is 15.1. The quantitative estimate of drug-likeness (QED) is 0.710. The van der Waals surface area contributed by atoms with Crippen LogP contribution in [0.3, 0.4) is 0 Å². The number of ether oxygens (including phenoxy) is 1. The van der Waals surface area contributed by atoms with Gasteiger partial charge < -0.3 is 14.7 Å². The van der Waals surface area contributed by atoms with Crippen LogP contribution in [0.25, 0.3) is 0 Å². The van der Waals surface area contributed by atoms with Gasteiger partial charge in [-0.3, -0.25) is 20.2 Å². The first-order chi connectivity index (χ1) is 13.0. The number of nitrogens with one attached hydrogen (secondary N) is 2. The predicted molar refractivity (Wildman–Crippen MR) is 95.1 cm³/mol. The summed E-state index contributed by atoms with van der Waals surface area (Å²) in [6.07, 6.45) is -0.714. The van der Waals surface area contributed by atoms with E-state index in [1.54, 1.807) is 24.3 Å². The monoisotopic (exact) mass is 367 g/mol. The van der Waals surface area contributed by atoms with Gasteiger partial charge in [0.2, 0.25) is 5.54 Å². The van der Waals surface area contributed by atoms with Gasteiger partial charge in [0.1, 0.15) is 17.7 Å². The Morgan fingerprint density at radius 1 is 0.926 bits per heavy atom.